The van der Waals surface area contributed by atoms with Crippen LogP contribution in [0.25, 0.3) is 0 Å². The molecule has 2 aromatic rings. The monoisotopic (exact) mass is 278 g/mol. The summed E-state index contributed by atoms with van der Waals surface area (Å²) in [5, 5.41) is 4.10. The Balaban J connectivity index is 2.20. The summed E-state index contributed by atoms with van der Waals surface area (Å²) in [6.45, 7) is 7.80. The molecule has 4 nitrogen and oxygen atoms in total. The predicted octanol–water partition coefficient (Wildman–Crippen LogP) is 2.79. The summed E-state index contributed by atoms with van der Waals surface area (Å²) in [5.74, 6) is 0.994. The Kier molecular flexibility index (Phi) is 4.56. The van der Waals surface area contributed by atoms with Gasteiger partial charge < -0.3 is 9.88 Å². The van der Waals surface area contributed by atoms with E-state index in [0.29, 0.717) is 11.1 Å². The summed E-state index contributed by atoms with van der Waals surface area (Å²) >= 11 is 6.16. The second-order valence-electron chi connectivity index (χ2n) is 4.89. The summed E-state index contributed by atoms with van der Waals surface area (Å²) < 4.78 is 2.18. The fourth-order valence-corrected chi connectivity index (χ4v) is 2.06. The minimum atomic E-state index is 0.452. The molecule has 1 N–H and O–H groups in total. The highest BCUT2D eigenvalue weighted by Gasteiger charge is 2.09. The van der Waals surface area contributed by atoms with Gasteiger partial charge in [0.1, 0.15) is 5.82 Å². The zero-order chi connectivity index (χ0) is 13.8. The molecule has 2 heterocycles. The SMILES string of the molecule is Cc1ncc(CNC(C)C)n1Cc1ccncc1Cl. The van der Waals surface area contributed by atoms with Crippen molar-refractivity contribution in [3.05, 3.63) is 46.8 Å². The topological polar surface area (TPSA) is 42.7 Å². The molecule has 0 spiro atoms. The third kappa shape index (κ3) is 3.55. The summed E-state index contributed by atoms with van der Waals surface area (Å²) in [5.41, 5.74) is 2.22. The molecule has 0 aliphatic carbocycles. The average molecular weight is 279 g/mol. The number of rotatable bonds is 5. The smallest absolute Gasteiger partial charge is 0.106 e. The lowest BCUT2D eigenvalue weighted by molar-refractivity contribution is 0.562. The normalized spacial score (nSPS) is 11.2. The molecule has 0 unspecified atom stereocenters. The molecular weight excluding hydrogens is 260 g/mol. The number of hydrogen-bond donors (Lipinski definition) is 1. The van der Waals surface area contributed by atoms with Crippen molar-refractivity contribution in [3.63, 3.8) is 0 Å². The highest BCUT2D eigenvalue weighted by atomic mass is 35.5. The number of hydrogen-bond acceptors (Lipinski definition) is 3. The van der Waals surface area contributed by atoms with E-state index in [2.05, 4.69) is 33.7 Å². The van der Waals surface area contributed by atoms with Crippen molar-refractivity contribution in [1.29, 1.82) is 0 Å². The maximum Gasteiger partial charge on any atom is 0.106 e. The molecule has 0 fully saturated rings. The van der Waals surface area contributed by atoms with E-state index in [9.17, 15) is 0 Å². The standard InChI is InChI=1S/C14H19ClN4/c1-10(2)17-6-13-7-18-11(3)19(13)9-12-4-5-16-8-14(12)15/h4-5,7-8,10,17H,6,9H2,1-3H3. The molecule has 0 aliphatic rings. The zero-order valence-electron chi connectivity index (χ0n) is 11.5. The van der Waals surface area contributed by atoms with Crippen molar-refractivity contribution >= 4 is 11.6 Å². The van der Waals surface area contributed by atoms with Crippen molar-refractivity contribution < 1.29 is 0 Å². The van der Waals surface area contributed by atoms with Gasteiger partial charge in [-0.05, 0) is 18.6 Å². The first-order valence-corrected chi connectivity index (χ1v) is 6.78. The second-order valence-corrected chi connectivity index (χ2v) is 5.29. The van der Waals surface area contributed by atoms with Crippen LogP contribution < -0.4 is 5.32 Å². The number of nitrogens with zero attached hydrogens (tertiary/aromatic N) is 3. The van der Waals surface area contributed by atoms with Gasteiger partial charge in [-0.2, -0.15) is 0 Å². The maximum atomic E-state index is 6.16. The molecule has 2 rings (SSSR count). The van der Waals surface area contributed by atoms with Crippen LogP contribution in [0.4, 0.5) is 0 Å². The quantitative estimate of drug-likeness (QED) is 0.914. The number of imidazole rings is 1. The van der Waals surface area contributed by atoms with Gasteiger partial charge in [0, 0.05) is 31.2 Å². The molecule has 0 atom stereocenters. The van der Waals surface area contributed by atoms with E-state index in [1.165, 1.54) is 5.69 Å². The average Bonchev–Trinajstić information content (AvgIpc) is 2.71. The number of pyridine rings is 1. The largest absolute Gasteiger partial charge is 0.327 e. The molecule has 0 bridgehead atoms. The second kappa shape index (κ2) is 6.17. The number of aromatic nitrogens is 3. The molecule has 102 valence electrons. The van der Waals surface area contributed by atoms with Gasteiger partial charge in [-0.1, -0.05) is 25.4 Å². The molecule has 0 saturated carbocycles. The van der Waals surface area contributed by atoms with Gasteiger partial charge in [-0.25, -0.2) is 4.98 Å². The van der Waals surface area contributed by atoms with Crippen molar-refractivity contribution in [1.82, 2.24) is 19.9 Å². The third-order valence-corrected chi connectivity index (χ3v) is 3.35. The molecule has 5 heteroatoms. The lowest BCUT2D eigenvalue weighted by atomic mass is 10.2. The van der Waals surface area contributed by atoms with Crippen molar-refractivity contribution in [2.75, 3.05) is 0 Å². The Hall–Kier alpha value is -1.39. The Bertz CT molecular complexity index is 548. The summed E-state index contributed by atoms with van der Waals surface area (Å²) in [7, 11) is 0. The molecule has 0 aliphatic heterocycles. The lowest BCUT2D eigenvalue weighted by Crippen LogP contribution is -2.23. The maximum absolute atomic E-state index is 6.16. The Labute approximate surface area is 118 Å². The van der Waals surface area contributed by atoms with Gasteiger partial charge in [-0.3, -0.25) is 4.98 Å². The van der Waals surface area contributed by atoms with Crippen molar-refractivity contribution in [3.8, 4) is 0 Å². The predicted molar refractivity (Wildman–Crippen MR) is 77.3 cm³/mol. The van der Waals surface area contributed by atoms with Crippen molar-refractivity contribution in [2.24, 2.45) is 0 Å². The van der Waals surface area contributed by atoms with E-state index in [1.54, 1.807) is 12.4 Å². The van der Waals surface area contributed by atoms with Gasteiger partial charge >= 0.3 is 0 Å². The van der Waals surface area contributed by atoms with Gasteiger partial charge in [0.05, 0.1) is 17.3 Å². The highest BCUT2D eigenvalue weighted by molar-refractivity contribution is 6.31. The van der Waals surface area contributed by atoms with Crippen LogP contribution in [0.2, 0.25) is 5.02 Å². The van der Waals surface area contributed by atoms with Gasteiger partial charge in [0.2, 0.25) is 0 Å². The molecule has 0 saturated heterocycles. The van der Waals surface area contributed by atoms with E-state index in [4.69, 9.17) is 11.6 Å². The molecule has 19 heavy (non-hydrogen) atoms. The first kappa shape index (κ1) is 14.0. The fraction of sp³-hybridized carbons (Fsp3) is 0.429. The molecule has 2 aromatic heterocycles. The van der Waals surface area contributed by atoms with Gasteiger partial charge in [0.25, 0.3) is 0 Å². The van der Waals surface area contributed by atoms with E-state index in [-0.39, 0.29) is 0 Å². The number of nitrogens with one attached hydrogen (secondary N) is 1. The van der Waals surface area contributed by atoms with E-state index in [0.717, 1.165) is 24.5 Å². The number of aryl methyl sites for hydroxylation is 1. The van der Waals surface area contributed by atoms with Crippen LogP contribution in [0.1, 0.15) is 30.9 Å². The van der Waals surface area contributed by atoms with E-state index < -0.39 is 0 Å². The Morgan fingerprint density at radius 2 is 2.16 bits per heavy atom. The molecule has 0 aromatic carbocycles. The highest BCUT2D eigenvalue weighted by Crippen LogP contribution is 2.17. The van der Waals surface area contributed by atoms with Crippen LogP contribution in [-0.4, -0.2) is 20.6 Å². The van der Waals surface area contributed by atoms with Crippen LogP contribution in [0.15, 0.2) is 24.7 Å². The van der Waals surface area contributed by atoms with Gasteiger partial charge in [0.15, 0.2) is 0 Å². The molecule has 0 amide bonds. The molecule has 0 radical (unpaired) electrons. The third-order valence-electron chi connectivity index (χ3n) is 3.01. The van der Waals surface area contributed by atoms with Crippen LogP contribution in [0, 0.1) is 6.92 Å². The molecular formula is C14H19ClN4. The van der Waals surface area contributed by atoms with Crippen molar-refractivity contribution in [2.45, 2.75) is 39.9 Å². The Morgan fingerprint density at radius 3 is 2.84 bits per heavy atom. The first-order chi connectivity index (χ1) is 9.08. The lowest BCUT2D eigenvalue weighted by Gasteiger charge is -2.13. The summed E-state index contributed by atoms with van der Waals surface area (Å²) in [4.78, 5) is 8.39. The zero-order valence-corrected chi connectivity index (χ0v) is 12.3. The van der Waals surface area contributed by atoms with Gasteiger partial charge in [-0.15, -0.1) is 0 Å². The minimum Gasteiger partial charge on any atom is -0.327 e. The van der Waals surface area contributed by atoms with Crippen LogP contribution in [0.3, 0.4) is 0 Å². The van der Waals surface area contributed by atoms with Crippen LogP contribution in [0.5, 0.6) is 0 Å². The van der Waals surface area contributed by atoms with E-state index >= 15 is 0 Å². The number of halogens is 1. The van der Waals surface area contributed by atoms with E-state index in [1.807, 2.05) is 19.2 Å². The summed E-state index contributed by atoms with van der Waals surface area (Å²) in [6.07, 6.45) is 5.36. The fourth-order valence-electron chi connectivity index (χ4n) is 1.88. The van der Waals surface area contributed by atoms with Crippen LogP contribution >= 0.6 is 11.6 Å². The minimum absolute atomic E-state index is 0.452. The summed E-state index contributed by atoms with van der Waals surface area (Å²) in [6, 6.07) is 2.40. The van der Waals surface area contributed by atoms with Crippen LogP contribution in [-0.2, 0) is 13.1 Å². The first-order valence-electron chi connectivity index (χ1n) is 6.40. The Morgan fingerprint density at radius 1 is 1.37 bits per heavy atom.